The van der Waals surface area contributed by atoms with Gasteiger partial charge in [0.2, 0.25) is 0 Å². The summed E-state index contributed by atoms with van der Waals surface area (Å²) in [5.74, 6) is -6.11. The van der Waals surface area contributed by atoms with Crippen molar-refractivity contribution >= 4 is 0 Å². The third kappa shape index (κ3) is 6.56. The predicted molar refractivity (Wildman–Crippen MR) is 185 cm³/mol. The van der Waals surface area contributed by atoms with Crippen LogP contribution in [0.2, 0.25) is 0 Å². The quantitative estimate of drug-likeness (QED) is 0.163. The van der Waals surface area contributed by atoms with E-state index in [1.807, 2.05) is 0 Å². The normalized spacial score (nSPS) is 39.8. The minimum Gasteiger partial charge on any atom is -0.379 e. The van der Waals surface area contributed by atoms with Crippen molar-refractivity contribution in [3.05, 3.63) is 47.6 Å². The van der Waals surface area contributed by atoms with E-state index in [1.165, 1.54) is 24.3 Å². The maximum atomic E-state index is 17.1. The summed E-state index contributed by atoms with van der Waals surface area (Å²) in [6.07, 6.45) is 22.1. The Morgan fingerprint density at radius 3 is 1.22 bits per heavy atom. The average molecular weight is 695 g/mol. The highest BCUT2D eigenvalue weighted by Gasteiger charge is 2.61. The molecule has 0 aromatic heterocycles. The van der Waals surface area contributed by atoms with Crippen LogP contribution in [0.15, 0.2) is 47.6 Å². The van der Waals surface area contributed by atoms with Crippen LogP contribution in [0.25, 0.3) is 0 Å². The highest BCUT2D eigenvalue weighted by atomic mass is 19.2. The number of alkyl halides is 2. The van der Waals surface area contributed by atoms with E-state index in [0.717, 1.165) is 103 Å². The van der Waals surface area contributed by atoms with E-state index in [2.05, 4.69) is 13.8 Å². The molecule has 0 aromatic carbocycles. The van der Waals surface area contributed by atoms with Crippen molar-refractivity contribution in [2.75, 3.05) is 13.2 Å². The summed E-state index contributed by atoms with van der Waals surface area (Å²) in [4.78, 5) is 0. The van der Waals surface area contributed by atoms with Crippen LogP contribution in [-0.2, 0) is 4.74 Å². The number of rotatable bonds is 10. The smallest absolute Gasteiger partial charge is 0.188 e. The van der Waals surface area contributed by atoms with E-state index in [0.29, 0.717) is 37.5 Å². The Morgan fingerprint density at radius 1 is 0.551 bits per heavy atom. The van der Waals surface area contributed by atoms with E-state index < -0.39 is 57.3 Å². The van der Waals surface area contributed by atoms with E-state index >= 15 is 26.3 Å². The minimum absolute atomic E-state index is 0.00101. The van der Waals surface area contributed by atoms with Gasteiger partial charge >= 0.3 is 0 Å². The third-order valence-electron chi connectivity index (χ3n) is 14.8. The molecule has 0 aromatic rings. The fourth-order valence-corrected chi connectivity index (χ4v) is 11.6. The van der Waals surface area contributed by atoms with Gasteiger partial charge in [0, 0.05) is 10.8 Å². The molecule has 0 amide bonds. The zero-order valence-corrected chi connectivity index (χ0v) is 30.0. The van der Waals surface area contributed by atoms with Gasteiger partial charge < -0.3 is 4.74 Å². The van der Waals surface area contributed by atoms with Crippen molar-refractivity contribution in [2.24, 2.45) is 46.3 Å². The highest BCUT2D eigenvalue weighted by Crippen LogP contribution is 2.63. The molecule has 7 heteroatoms. The molecule has 0 aliphatic heterocycles. The van der Waals surface area contributed by atoms with Crippen LogP contribution in [0.5, 0.6) is 0 Å². The second-order valence-corrected chi connectivity index (χ2v) is 16.9. The summed E-state index contributed by atoms with van der Waals surface area (Å²) < 4.78 is 103. The van der Waals surface area contributed by atoms with Crippen molar-refractivity contribution in [3.63, 3.8) is 0 Å². The van der Waals surface area contributed by atoms with Gasteiger partial charge in [-0.25, -0.2) is 26.3 Å². The molecule has 1 nitrogen and oxygen atoms in total. The Kier molecular flexibility index (Phi) is 11.6. The van der Waals surface area contributed by atoms with Crippen LogP contribution in [-0.4, -0.2) is 24.6 Å². The fourth-order valence-electron chi connectivity index (χ4n) is 11.6. The Morgan fingerprint density at radius 2 is 0.898 bits per heavy atom. The van der Waals surface area contributed by atoms with E-state index in [1.54, 1.807) is 0 Å². The Labute approximate surface area is 291 Å². The molecule has 6 aliphatic rings. The first kappa shape index (κ1) is 37.3. The molecule has 0 saturated heterocycles. The number of ether oxygens (including phenoxy) is 1. The van der Waals surface area contributed by atoms with Crippen molar-refractivity contribution in [3.8, 4) is 0 Å². The molecule has 0 unspecified atom stereocenters. The van der Waals surface area contributed by atoms with Gasteiger partial charge in [-0.1, -0.05) is 103 Å². The van der Waals surface area contributed by atoms with Crippen molar-refractivity contribution in [2.45, 2.75) is 154 Å². The first-order valence-electron chi connectivity index (χ1n) is 20.0. The van der Waals surface area contributed by atoms with Gasteiger partial charge in [-0.15, -0.1) is 0 Å². The van der Waals surface area contributed by atoms with Gasteiger partial charge in [-0.05, 0) is 87.2 Å². The molecule has 0 N–H and O–H groups in total. The van der Waals surface area contributed by atoms with Crippen molar-refractivity contribution in [1.82, 2.24) is 0 Å². The molecule has 4 saturated carbocycles. The van der Waals surface area contributed by atoms with Gasteiger partial charge in [-0.3, -0.25) is 0 Å². The SMILES string of the molecule is CCC1CCC(C2([C@@]3(F)C=C[C@@H](COC[C@@H]4C=C[C@](F)(C5(C6CCC(CC)CC6)CCCCC5)C(F)=C4F)C(F)=C3F)CCCCC2)CC1. The first-order chi connectivity index (χ1) is 23.5. The number of allylic oxidation sites excluding steroid dienone is 4. The maximum Gasteiger partial charge on any atom is 0.188 e. The second kappa shape index (κ2) is 15.2. The second-order valence-electron chi connectivity index (χ2n) is 16.9. The molecule has 49 heavy (non-hydrogen) atoms. The van der Waals surface area contributed by atoms with Crippen LogP contribution < -0.4 is 0 Å². The highest BCUT2D eigenvalue weighted by molar-refractivity contribution is 5.37. The molecule has 0 heterocycles. The summed E-state index contributed by atoms with van der Waals surface area (Å²) in [5.41, 5.74) is -6.93. The van der Waals surface area contributed by atoms with Gasteiger partial charge in [-0.2, -0.15) is 0 Å². The number of hydrogen-bond acceptors (Lipinski definition) is 1. The fraction of sp³-hybridized carbons (Fsp3) is 0.810. The van der Waals surface area contributed by atoms with Crippen molar-refractivity contribution in [1.29, 1.82) is 0 Å². The summed E-state index contributed by atoms with van der Waals surface area (Å²) in [7, 11) is 0. The average Bonchev–Trinajstić information content (AvgIpc) is 3.15. The summed E-state index contributed by atoms with van der Waals surface area (Å²) >= 11 is 0. The van der Waals surface area contributed by atoms with Crippen LogP contribution in [0.4, 0.5) is 26.3 Å². The van der Waals surface area contributed by atoms with Gasteiger partial charge in [0.25, 0.3) is 0 Å². The summed E-state index contributed by atoms with van der Waals surface area (Å²) in [6, 6.07) is 0. The van der Waals surface area contributed by atoms with Crippen LogP contribution in [0.1, 0.15) is 142 Å². The summed E-state index contributed by atoms with van der Waals surface area (Å²) in [6.45, 7) is 3.66. The number of halogens is 6. The first-order valence-corrected chi connectivity index (χ1v) is 20.0. The van der Waals surface area contributed by atoms with Crippen LogP contribution in [0.3, 0.4) is 0 Å². The predicted octanol–water partition coefficient (Wildman–Crippen LogP) is 13.4. The molecular formula is C42H60F6O. The lowest BCUT2D eigenvalue weighted by Gasteiger charge is -2.53. The lowest BCUT2D eigenvalue weighted by atomic mass is 9.53. The van der Waals surface area contributed by atoms with Crippen LogP contribution in [0, 0.1) is 46.3 Å². The summed E-state index contributed by atoms with van der Waals surface area (Å²) in [5, 5.41) is 0. The zero-order chi connectivity index (χ0) is 34.9. The molecule has 276 valence electrons. The van der Waals surface area contributed by atoms with E-state index in [-0.39, 0.29) is 25.0 Å². The molecular weight excluding hydrogens is 634 g/mol. The molecule has 6 rings (SSSR count). The molecule has 4 fully saturated rings. The van der Waals surface area contributed by atoms with Crippen LogP contribution >= 0.6 is 0 Å². The molecule has 6 aliphatic carbocycles. The topological polar surface area (TPSA) is 9.23 Å². The Balaban J connectivity index is 1.13. The molecule has 4 atom stereocenters. The lowest BCUT2D eigenvalue weighted by Crippen LogP contribution is -2.52. The Bertz CT molecular complexity index is 1160. The molecule has 0 spiro atoms. The minimum atomic E-state index is -2.50. The van der Waals surface area contributed by atoms with Crippen molar-refractivity contribution < 1.29 is 31.1 Å². The van der Waals surface area contributed by atoms with Gasteiger partial charge in [0.1, 0.15) is 11.7 Å². The van der Waals surface area contributed by atoms with Gasteiger partial charge in [0.15, 0.2) is 23.0 Å². The standard InChI is InChI=1S/C42H60F6O/c1-3-29-11-15-33(16-12-29)39(21-7-5-8-22-39)41(47)25-19-31(35(43)37(41)45)27-49-28-32-20-26-42(48,38(46)36(32)44)40(23-9-6-10-24-40)34-17-13-30(4-2)14-18-34/h19-20,25-26,29-34H,3-18,21-24,27-28H2,1-2H3/t29?,30?,31-,32-,33?,34?,41+,42+/m0/s1. The lowest BCUT2D eigenvalue weighted by molar-refractivity contribution is -0.0616. The monoisotopic (exact) mass is 694 g/mol. The maximum absolute atomic E-state index is 17.1. The molecule has 0 radical (unpaired) electrons. The Hall–Kier alpha value is -1.50. The largest absolute Gasteiger partial charge is 0.379 e. The zero-order valence-electron chi connectivity index (χ0n) is 30.0. The third-order valence-corrected chi connectivity index (χ3v) is 14.8. The van der Waals surface area contributed by atoms with E-state index in [9.17, 15) is 0 Å². The van der Waals surface area contributed by atoms with Gasteiger partial charge in [0.05, 0.1) is 25.0 Å². The molecule has 0 bridgehead atoms. The van der Waals surface area contributed by atoms with E-state index in [4.69, 9.17) is 4.74 Å². The number of hydrogen-bond donors (Lipinski definition) is 0.